The first-order valence-corrected chi connectivity index (χ1v) is 10.9. The Morgan fingerprint density at radius 1 is 0.906 bits per heavy atom. The third-order valence-corrected chi connectivity index (χ3v) is 5.30. The molecule has 0 aliphatic carbocycles. The van der Waals surface area contributed by atoms with Crippen molar-refractivity contribution in [1.29, 1.82) is 0 Å². The van der Waals surface area contributed by atoms with Crippen LogP contribution in [0, 0.1) is 19.8 Å². The summed E-state index contributed by atoms with van der Waals surface area (Å²) >= 11 is 0. The lowest BCUT2D eigenvalue weighted by atomic mass is 9.97. The maximum absolute atomic E-state index is 12.6. The summed E-state index contributed by atoms with van der Waals surface area (Å²) in [7, 11) is 0. The van der Waals surface area contributed by atoms with Crippen LogP contribution in [0.15, 0.2) is 42.5 Å². The summed E-state index contributed by atoms with van der Waals surface area (Å²) in [6, 6.07) is 12.2. The van der Waals surface area contributed by atoms with E-state index in [0.29, 0.717) is 31.0 Å². The molecule has 0 saturated carbocycles. The quantitative estimate of drug-likeness (QED) is 0.560. The molecule has 8 nitrogen and oxygen atoms in total. The van der Waals surface area contributed by atoms with Gasteiger partial charge in [-0.15, -0.1) is 0 Å². The van der Waals surface area contributed by atoms with Crippen LogP contribution in [0.2, 0.25) is 0 Å². The molecule has 0 aromatic heterocycles. The first-order valence-electron chi connectivity index (χ1n) is 10.9. The Balaban J connectivity index is 1.52. The maximum Gasteiger partial charge on any atom is 0.323 e. The summed E-state index contributed by atoms with van der Waals surface area (Å²) in [5.74, 6) is -0.170. The number of hydrogen-bond acceptors (Lipinski definition) is 3. The van der Waals surface area contributed by atoms with Crippen LogP contribution in [0.4, 0.5) is 26.7 Å². The minimum absolute atomic E-state index is 0.000437. The zero-order valence-electron chi connectivity index (χ0n) is 18.8. The lowest BCUT2D eigenvalue weighted by Gasteiger charge is -2.32. The van der Waals surface area contributed by atoms with Crippen molar-refractivity contribution < 1.29 is 14.4 Å². The number of anilines is 3. The van der Waals surface area contributed by atoms with Crippen molar-refractivity contribution >= 4 is 35.0 Å². The number of carbonyl (C=O) groups is 3. The van der Waals surface area contributed by atoms with Gasteiger partial charge in [-0.25, -0.2) is 9.59 Å². The molecule has 3 rings (SSSR count). The Labute approximate surface area is 188 Å². The summed E-state index contributed by atoms with van der Waals surface area (Å²) in [5.41, 5.74) is 4.11. The molecule has 1 aliphatic rings. The highest BCUT2D eigenvalue weighted by Gasteiger charge is 2.28. The van der Waals surface area contributed by atoms with Gasteiger partial charge in [0.15, 0.2) is 0 Å². The van der Waals surface area contributed by atoms with Crippen LogP contribution in [0.3, 0.4) is 0 Å². The number of nitrogens with zero attached hydrogens (tertiary/aromatic N) is 1. The summed E-state index contributed by atoms with van der Waals surface area (Å²) in [6.45, 7) is 7.47. The van der Waals surface area contributed by atoms with Crippen LogP contribution in [0.25, 0.3) is 0 Å². The van der Waals surface area contributed by atoms with E-state index in [-0.39, 0.29) is 23.9 Å². The molecule has 1 aliphatic heterocycles. The van der Waals surface area contributed by atoms with Crippen molar-refractivity contribution in [1.82, 2.24) is 10.2 Å². The third-order valence-electron chi connectivity index (χ3n) is 5.30. The van der Waals surface area contributed by atoms with E-state index in [0.717, 1.165) is 29.7 Å². The summed E-state index contributed by atoms with van der Waals surface area (Å²) < 4.78 is 0. The van der Waals surface area contributed by atoms with E-state index in [4.69, 9.17) is 0 Å². The summed E-state index contributed by atoms with van der Waals surface area (Å²) in [6.07, 6.45) is 1.59. The van der Waals surface area contributed by atoms with E-state index in [1.807, 2.05) is 39.0 Å². The average molecular weight is 438 g/mol. The van der Waals surface area contributed by atoms with Crippen molar-refractivity contribution in [3.8, 4) is 0 Å². The van der Waals surface area contributed by atoms with Crippen molar-refractivity contribution in [3.63, 3.8) is 0 Å². The Kier molecular flexibility index (Phi) is 7.70. The maximum atomic E-state index is 12.6. The highest BCUT2D eigenvalue weighted by atomic mass is 16.2. The minimum atomic E-state index is -0.337. The zero-order chi connectivity index (χ0) is 23.1. The van der Waals surface area contributed by atoms with Gasteiger partial charge in [-0.3, -0.25) is 4.79 Å². The van der Waals surface area contributed by atoms with Gasteiger partial charge in [-0.05, 0) is 81.1 Å². The summed E-state index contributed by atoms with van der Waals surface area (Å²) in [5, 5.41) is 11.3. The van der Waals surface area contributed by atoms with Crippen LogP contribution in [-0.2, 0) is 4.79 Å². The highest BCUT2D eigenvalue weighted by molar-refractivity contribution is 6.00. The second-order valence-electron chi connectivity index (χ2n) is 8.14. The van der Waals surface area contributed by atoms with Gasteiger partial charge in [-0.1, -0.05) is 6.07 Å². The van der Waals surface area contributed by atoms with Crippen LogP contribution >= 0.6 is 0 Å². The van der Waals surface area contributed by atoms with Crippen molar-refractivity contribution in [2.45, 2.75) is 33.6 Å². The molecule has 5 amide bonds. The normalized spacial score (nSPS) is 15.6. The molecule has 0 unspecified atom stereocenters. The van der Waals surface area contributed by atoms with Gasteiger partial charge in [0.1, 0.15) is 0 Å². The number of carbonyl (C=O) groups excluding carboxylic acids is 3. The highest BCUT2D eigenvalue weighted by Crippen LogP contribution is 2.20. The van der Waals surface area contributed by atoms with Crippen molar-refractivity contribution in [2.24, 2.45) is 5.92 Å². The van der Waals surface area contributed by atoms with Gasteiger partial charge in [-0.2, -0.15) is 0 Å². The fraction of sp³-hybridized carbons (Fsp3) is 0.375. The van der Waals surface area contributed by atoms with Crippen molar-refractivity contribution in [3.05, 3.63) is 53.6 Å². The fourth-order valence-electron chi connectivity index (χ4n) is 3.87. The molecule has 0 radical (unpaired) electrons. The van der Waals surface area contributed by atoms with E-state index in [1.165, 1.54) is 0 Å². The standard InChI is InChI=1S/C24H31N5O3/c1-4-25-22(30)18-6-5-11-29(15-18)24(32)28-20-9-7-19(8-10-20)26-23(31)27-21-13-16(2)12-17(3)14-21/h7-10,12-14,18H,4-6,11,15H2,1-3H3,(H,25,30)(H,28,32)(H2,26,27,31)/t18-/m0/s1. The predicted molar refractivity (Wildman–Crippen MR) is 127 cm³/mol. The third kappa shape index (κ3) is 6.47. The second kappa shape index (κ2) is 10.7. The van der Waals surface area contributed by atoms with Gasteiger partial charge < -0.3 is 26.2 Å². The van der Waals surface area contributed by atoms with E-state index >= 15 is 0 Å². The monoisotopic (exact) mass is 437 g/mol. The summed E-state index contributed by atoms with van der Waals surface area (Å²) in [4.78, 5) is 38.7. The molecule has 4 N–H and O–H groups in total. The Morgan fingerprint density at radius 2 is 1.50 bits per heavy atom. The van der Waals surface area contributed by atoms with Gasteiger partial charge in [0, 0.05) is 36.7 Å². The number of hydrogen-bond donors (Lipinski definition) is 4. The van der Waals surface area contributed by atoms with E-state index in [9.17, 15) is 14.4 Å². The SMILES string of the molecule is CCNC(=O)[C@H]1CCCN(C(=O)Nc2ccc(NC(=O)Nc3cc(C)cc(C)c3)cc2)C1. The molecule has 2 aromatic rings. The van der Waals surface area contributed by atoms with E-state index in [1.54, 1.807) is 29.2 Å². The predicted octanol–water partition coefficient (Wildman–Crippen LogP) is 4.33. The topological polar surface area (TPSA) is 103 Å². The van der Waals surface area contributed by atoms with Crippen molar-refractivity contribution in [2.75, 3.05) is 35.6 Å². The Bertz CT molecular complexity index is 954. The van der Waals surface area contributed by atoms with Gasteiger partial charge in [0.25, 0.3) is 0 Å². The molecule has 0 bridgehead atoms. The molecule has 1 heterocycles. The van der Waals surface area contributed by atoms with Crippen LogP contribution in [0.1, 0.15) is 30.9 Å². The van der Waals surface area contributed by atoms with Crippen LogP contribution in [0.5, 0.6) is 0 Å². The molecule has 8 heteroatoms. The van der Waals surface area contributed by atoms with E-state index < -0.39 is 0 Å². The number of aryl methyl sites for hydroxylation is 2. The number of benzene rings is 2. The number of rotatable bonds is 5. The molecular weight excluding hydrogens is 406 g/mol. The van der Waals surface area contributed by atoms with Crippen LogP contribution < -0.4 is 21.3 Å². The molecule has 170 valence electrons. The van der Waals surface area contributed by atoms with Gasteiger partial charge >= 0.3 is 12.1 Å². The fourth-order valence-corrected chi connectivity index (χ4v) is 3.87. The van der Waals surface area contributed by atoms with Crippen LogP contribution in [-0.4, -0.2) is 42.5 Å². The molecular formula is C24H31N5O3. The number of amides is 5. The second-order valence-corrected chi connectivity index (χ2v) is 8.14. The molecule has 1 saturated heterocycles. The smallest absolute Gasteiger partial charge is 0.323 e. The minimum Gasteiger partial charge on any atom is -0.356 e. The largest absolute Gasteiger partial charge is 0.356 e. The molecule has 2 aromatic carbocycles. The van der Waals surface area contributed by atoms with E-state index in [2.05, 4.69) is 21.3 Å². The zero-order valence-corrected chi connectivity index (χ0v) is 18.8. The lowest BCUT2D eigenvalue weighted by Crippen LogP contribution is -2.46. The van der Waals surface area contributed by atoms with Gasteiger partial charge in [0.2, 0.25) is 5.91 Å². The molecule has 1 atom stereocenters. The number of nitrogens with one attached hydrogen (secondary N) is 4. The average Bonchev–Trinajstić information content (AvgIpc) is 2.74. The lowest BCUT2D eigenvalue weighted by molar-refractivity contribution is -0.126. The first-order chi connectivity index (χ1) is 15.3. The number of piperidine rings is 1. The Hall–Kier alpha value is -3.55. The first kappa shape index (κ1) is 23.1. The molecule has 32 heavy (non-hydrogen) atoms. The Morgan fingerprint density at radius 3 is 2.12 bits per heavy atom. The molecule has 0 spiro atoms. The number of likely N-dealkylation sites (tertiary alicyclic amines) is 1. The van der Waals surface area contributed by atoms with Gasteiger partial charge in [0.05, 0.1) is 5.92 Å². The number of urea groups is 2. The molecule has 1 fully saturated rings.